The van der Waals surface area contributed by atoms with Crippen molar-refractivity contribution in [2.75, 3.05) is 11.5 Å². The van der Waals surface area contributed by atoms with Gasteiger partial charge in [0.1, 0.15) is 11.5 Å². The van der Waals surface area contributed by atoms with Crippen LogP contribution in [-0.4, -0.2) is 35.3 Å². The van der Waals surface area contributed by atoms with Gasteiger partial charge in [0.25, 0.3) is 0 Å². The van der Waals surface area contributed by atoms with E-state index < -0.39 is 9.84 Å². The first-order valence-electron chi connectivity index (χ1n) is 8.29. The molecular formula is C18H17N3O4S2. The highest BCUT2D eigenvalue weighted by Crippen LogP contribution is 2.33. The van der Waals surface area contributed by atoms with Crippen LogP contribution in [0, 0.1) is 0 Å². The lowest BCUT2D eigenvalue weighted by atomic mass is 10.2. The fourth-order valence-electron chi connectivity index (χ4n) is 2.48. The van der Waals surface area contributed by atoms with E-state index in [4.69, 9.17) is 15.0 Å². The van der Waals surface area contributed by atoms with E-state index in [1.54, 1.807) is 48.2 Å². The molecular weight excluding hydrogens is 386 g/mol. The molecule has 3 aromatic rings. The zero-order chi connectivity index (χ0) is 18.9. The lowest BCUT2D eigenvalue weighted by Crippen LogP contribution is -2.10. The Balaban J connectivity index is 1.44. The Kier molecular flexibility index (Phi) is 4.90. The third-order valence-corrected chi connectivity index (χ3v) is 7.00. The third-order valence-electron chi connectivity index (χ3n) is 3.98. The van der Waals surface area contributed by atoms with Gasteiger partial charge in [0, 0.05) is 16.6 Å². The molecule has 1 fully saturated rings. The largest absolute Gasteiger partial charge is 0.457 e. The third kappa shape index (κ3) is 4.32. The van der Waals surface area contributed by atoms with Crippen molar-refractivity contribution in [2.24, 2.45) is 5.73 Å². The number of benzene rings is 2. The predicted molar refractivity (Wildman–Crippen MR) is 102 cm³/mol. The maximum Gasteiger partial charge on any atom is 0.240 e. The fraction of sp³-hybridized carbons (Fsp3) is 0.222. The zero-order valence-electron chi connectivity index (χ0n) is 14.2. The van der Waals surface area contributed by atoms with E-state index in [9.17, 15) is 8.42 Å². The van der Waals surface area contributed by atoms with E-state index in [1.165, 1.54) is 0 Å². The normalized spacial score (nSPS) is 16.3. The molecule has 1 aromatic heterocycles. The van der Waals surface area contributed by atoms with Crippen molar-refractivity contribution < 1.29 is 17.7 Å². The summed E-state index contributed by atoms with van der Waals surface area (Å²) in [7, 11) is -3.23. The van der Waals surface area contributed by atoms with Gasteiger partial charge in [-0.1, -0.05) is 5.16 Å². The molecule has 0 bridgehead atoms. The number of nitrogens with two attached hydrogens (primary N) is 1. The van der Waals surface area contributed by atoms with Gasteiger partial charge in [0.05, 0.1) is 17.2 Å². The molecule has 2 aromatic carbocycles. The van der Waals surface area contributed by atoms with Gasteiger partial charge >= 0.3 is 0 Å². The molecule has 0 unspecified atom stereocenters. The van der Waals surface area contributed by atoms with Crippen LogP contribution in [0.5, 0.6) is 11.5 Å². The molecule has 1 aliphatic rings. The number of sulfone groups is 1. The first-order valence-corrected chi connectivity index (χ1v) is 11.0. The predicted octanol–water partition coefficient (Wildman–Crippen LogP) is 2.88. The average molecular weight is 403 g/mol. The minimum atomic E-state index is -3.23. The molecule has 2 heterocycles. The Morgan fingerprint density at radius 1 is 1.11 bits per heavy atom. The second-order valence-electron chi connectivity index (χ2n) is 6.05. The van der Waals surface area contributed by atoms with E-state index >= 15 is 0 Å². The van der Waals surface area contributed by atoms with E-state index in [1.807, 2.05) is 12.1 Å². The second kappa shape index (κ2) is 7.34. The summed E-state index contributed by atoms with van der Waals surface area (Å²) >= 11 is 1.67. The second-order valence-corrected chi connectivity index (χ2v) is 9.42. The summed E-state index contributed by atoms with van der Waals surface area (Å²) in [6.07, 6.45) is 0. The van der Waals surface area contributed by atoms with Gasteiger partial charge < -0.3 is 15.0 Å². The zero-order valence-corrected chi connectivity index (χ0v) is 15.9. The van der Waals surface area contributed by atoms with Crippen LogP contribution in [0.4, 0.5) is 0 Å². The van der Waals surface area contributed by atoms with Crippen molar-refractivity contribution in [2.45, 2.75) is 16.7 Å². The van der Waals surface area contributed by atoms with E-state index in [0.29, 0.717) is 28.1 Å². The van der Waals surface area contributed by atoms with Crippen LogP contribution in [0.3, 0.4) is 0 Å². The molecule has 27 heavy (non-hydrogen) atoms. The molecule has 0 saturated carbocycles. The highest BCUT2D eigenvalue weighted by Gasteiger charge is 2.29. The number of rotatable bonds is 7. The first kappa shape index (κ1) is 18.0. The van der Waals surface area contributed by atoms with E-state index in [2.05, 4.69) is 10.1 Å². The maximum absolute atomic E-state index is 12.3. The molecule has 0 radical (unpaired) electrons. The van der Waals surface area contributed by atoms with Crippen LogP contribution < -0.4 is 10.5 Å². The van der Waals surface area contributed by atoms with Crippen LogP contribution in [-0.2, 0) is 16.4 Å². The highest BCUT2D eigenvalue weighted by atomic mass is 32.2. The Bertz CT molecular complexity index is 1030. The Morgan fingerprint density at radius 3 is 2.30 bits per heavy atom. The molecule has 0 aliphatic carbocycles. The average Bonchev–Trinajstić information content (AvgIpc) is 3.34. The van der Waals surface area contributed by atoms with Crippen LogP contribution in [0.2, 0.25) is 0 Å². The monoisotopic (exact) mass is 403 g/mol. The number of hydrogen-bond acceptors (Lipinski definition) is 8. The highest BCUT2D eigenvalue weighted by molar-refractivity contribution is 8.08. The molecule has 1 atom stereocenters. The smallest absolute Gasteiger partial charge is 0.240 e. The van der Waals surface area contributed by atoms with Crippen LogP contribution >= 0.6 is 11.8 Å². The Hall–Kier alpha value is -2.36. The first-order chi connectivity index (χ1) is 13.0. The summed E-state index contributed by atoms with van der Waals surface area (Å²) in [5.74, 6) is 3.14. The minimum absolute atomic E-state index is 0.194. The van der Waals surface area contributed by atoms with Crippen molar-refractivity contribution in [1.82, 2.24) is 10.1 Å². The number of nitrogens with zero attached hydrogens (tertiary/aromatic N) is 2. The van der Waals surface area contributed by atoms with Crippen LogP contribution in [0.1, 0.15) is 5.89 Å². The summed E-state index contributed by atoms with van der Waals surface area (Å²) in [5.41, 5.74) is 6.24. The minimum Gasteiger partial charge on any atom is -0.457 e. The molecule has 140 valence electrons. The van der Waals surface area contributed by atoms with Crippen molar-refractivity contribution >= 4 is 21.6 Å². The quantitative estimate of drug-likeness (QED) is 0.600. The van der Waals surface area contributed by atoms with E-state index in [-0.39, 0.29) is 17.5 Å². The summed E-state index contributed by atoms with van der Waals surface area (Å²) in [6.45, 7) is 0.194. The standard InChI is InChI=1S/C18H17N3O4S2/c19-9-17-20-18(21-25-17)12-1-3-13(4-2-12)24-14-5-7-16(8-6-14)27(22,23)11-15-10-26-15/h1-8,15H,9-11,19H2/t15-/m1/s1. The van der Waals surface area contributed by atoms with Crippen molar-refractivity contribution in [3.05, 3.63) is 54.4 Å². The van der Waals surface area contributed by atoms with Gasteiger partial charge in [-0.2, -0.15) is 16.7 Å². The SMILES string of the molecule is NCc1nc(-c2ccc(Oc3ccc(S(=O)(=O)C[C@H]4CS4)cc3)cc2)no1. The molecule has 4 rings (SSSR count). The lowest BCUT2D eigenvalue weighted by Gasteiger charge is -2.08. The number of thioether (sulfide) groups is 1. The molecule has 2 N–H and O–H groups in total. The molecule has 1 aliphatic heterocycles. The van der Waals surface area contributed by atoms with Crippen LogP contribution in [0.25, 0.3) is 11.4 Å². The molecule has 0 amide bonds. The Morgan fingerprint density at radius 2 is 1.74 bits per heavy atom. The summed E-state index contributed by atoms with van der Waals surface area (Å²) in [5, 5.41) is 4.10. The maximum atomic E-state index is 12.3. The molecule has 1 saturated heterocycles. The lowest BCUT2D eigenvalue weighted by molar-refractivity contribution is 0.380. The molecule has 7 nitrogen and oxygen atoms in total. The van der Waals surface area contributed by atoms with Crippen molar-refractivity contribution in [3.63, 3.8) is 0 Å². The molecule has 0 spiro atoms. The van der Waals surface area contributed by atoms with Crippen molar-refractivity contribution in [1.29, 1.82) is 0 Å². The Labute approximate surface area is 160 Å². The van der Waals surface area contributed by atoms with Crippen molar-refractivity contribution in [3.8, 4) is 22.9 Å². The van der Waals surface area contributed by atoms with Gasteiger partial charge in [-0.3, -0.25) is 0 Å². The number of ether oxygens (including phenoxy) is 1. The van der Waals surface area contributed by atoms with Gasteiger partial charge in [0.15, 0.2) is 9.84 Å². The van der Waals surface area contributed by atoms with Gasteiger partial charge in [0.2, 0.25) is 11.7 Å². The van der Waals surface area contributed by atoms with Gasteiger partial charge in [-0.05, 0) is 48.5 Å². The van der Waals surface area contributed by atoms with Gasteiger partial charge in [-0.15, -0.1) is 0 Å². The summed E-state index contributed by atoms with van der Waals surface area (Å²) in [6, 6.07) is 13.7. The van der Waals surface area contributed by atoms with E-state index in [0.717, 1.165) is 11.3 Å². The van der Waals surface area contributed by atoms with Crippen LogP contribution in [0.15, 0.2) is 57.9 Å². The fourth-order valence-corrected chi connectivity index (χ4v) is 5.16. The number of aromatic nitrogens is 2. The summed E-state index contributed by atoms with van der Waals surface area (Å²) in [4.78, 5) is 4.49. The number of hydrogen-bond donors (Lipinski definition) is 1. The molecule has 9 heteroatoms. The summed E-state index contributed by atoms with van der Waals surface area (Å²) < 4.78 is 35.3. The van der Waals surface area contributed by atoms with Gasteiger partial charge in [-0.25, -0.2) is 8.42 Å². The topological polar surface area (TPSA) is 108 Å².